The zero-order valence-electron chi connectivity index (χ0n) is 12.1. The minimum absolute atomic E-state index is 0.311. The second kappa shape index (κ2) is 7.78. The van der Waals surface area contributed by atoms with Crippen molar-refractivity contribution < 1.29 is 19.1 Å². The van der Waals surface area contributed by atoms with Gasteiger partial charge in [0.25, 0.3) is 5.91 Å². The first kappa shape index (κ1) is 15.5. The summed E-state index contributed by atoms with van der Waals surface area (Å²) in [6.07, 6.45) is 2.94. The van der Waals surface area contributed by atoms with Crippen molar-refractivity contribution in [3.05, 3.63) is 59.9 Å². The number of pyridine rings is 1. The van der Waals surface area contributed by atoms with Crippen LogP contribution in [-0.4, -0.2) is 30.6 Å². The second-order valence-electron chi connectivity index (χ2n) is 4.44. The first-order valence-corrected chi connectivity index (χ1v) is 6.66. The van der Waals surface area contributed by atoms with Gasteiger partial charge in [-0.15, -0.1) is 0 Å². The highest BCUT2D eigenvalue weighted by atomic mass is 16.5. The molecule has 2 rings (SSSR count). The number of aromatic nitrogens is 1. The summed E-state index contributed by atoms with van der Waals surface area (Å²) in [6.45, 7) is 0.0250. The Morgan fingerprint density at radius 2 is 1.95 bits per heavy atom. The SMILES string of the molecule is COc1ccc(CNC(=O)COC(=O)c2cccnc2)cc1. The third-order valence-corrected chi connectivity index (χ3v) is 2.88. The molecule has 6 heteroatoms. The molecule has 0 aliphatic heterocycles. The number of nitrogens with one attached hydrogen (secondary N) is 1. The van der Waals surface area contributed by atoms with E-state index in [0.717, 1.165) is 11.3 Å². The van der Waals surface area contributed by atoms with E-state index >= 15 is 0 Å². The van der Waals surface area contributed by atoms with E-state index in [1.165, 1.54) is 6.20 Å². The molecule has 22 heavy (non-hydrogen) atoms. The van der Waals surface area contributed by atoms with Gasteiger partial charge in [0.05, 0.1) is 12.7 Å². The number of hydrogen-bond acceptors (Lipinski definition) is 5. The second-order valence-corrected chi connectivity index (χ2v) is 4.44. The molecule has 1 amide bonds. The number of esters is 1. The number of rotatable bonds is 6. The van der Waals surface area contributed by atoms with Gasteiger partial charge >= 0.3 is 5.97 Å². The molecule has 0 aliphatic carbocycles. The summed E-state index contributed by atoms with van der Waals surface area (Å²) in [5, 5.41) is 2.67. The molecule has 0 spiro atoms. The Labute approximate surface area is 128 Å². The lowest BCUT2D eigenvalue weighted by Crippen LogP contribution is -2.28. The zero-order chi connectivity index (χ0) is 15.8. The molecule has 1 aromatic heterocycles. The summed E-state index contributed by atoms with van der Waals surface area (Å²) in [5.41, 5.74) is 1.23. The Morgan fingerprint density at radius 3 is 2.59 bits per heavy atom. The van der Waals surface area contributed by atoms with Gasteiger partial charge in [-0.2, -0.15) is 0 Å². The fraction of sp³-hybridized carbons (Fsp3) is 0.188. The first-order chi connectivity index (χ1) is 10.7. The van der Waals surface area contributed by atoms with Gasteiger partial charge < -0.3 is 14.8 Å². The van der Waals surface area contributed by atoms with E-state index in [4.69, 9.17) is 9.47 Å². The molecule has 0 saturated carbocycles. The largest absolute Gasteiger partial charge is 0.497 e. The highest BCUT2D eigenvalue weighted by molar-refractivity contribution is 5.90. The maximum Gasteiger partial charge on any atom is 0.340 e. The Balaban J connectivity index is 1.74. The smallest absolute Gasteiger partial charge is 0.340 e. The van der Waals surface area contributed by atoms with Gasteiger partial charge in [0, 0.05) is 18.9 Å². The molecule has 0 aliphatic rings. The normalized spacial score (nSPS) is 9.86. The fourth-order valence-electron chi connectivity index (χ4n) is 1.69. The van der Waals surface area contributed by atoms with Crippen molar-refractivity contribution >= 4 is 11.9 Å². The summed E-state index contributed by atoms with van der Waals surface area (Å²) in [4.78, 5) is 27.1. The van der Waals surface area contributed by atoms with Crippen molar-refractivity contribution in [3.63, 3.8) is 0 Å². The number of carbonyl (C=O) groups is 2. The minimum atomic E-state index is -0.576. The Kier molecular flexibility index (Phi) is 5.48. The van der Waals surface area contributed by atoms with Crippen molar-refractivity contribution in [2.75, 3.05) is 13.7 Å². The number of nitrogens with zero attached hydrogens (tertiary/aromatic N) is 1. The quantitative estimate of drug-likeness (QED) is 0.819. The van der Waals surface area contributed by atoms with Crippen LogP contribution in [0.5, 0.6) is 5.75 Å². The molecule has 114 valence electrons. The monoisotopic (exact) mass is 300 g/mol. The van der Waals surface area contributed by atoms with E-state index in [9.17, 15) is 9.59 Å². The number of carbonyl (C=O) groups excluding carboxylic acids is 2. The van der Waals surface area contributed by atoms with Gasteiger partial charge in [-0.25, -0.2) is 4.79 Å². The van der Waals surface area contributed by atoms with E-state index in [1.54, 1.807) is 25.4 Å². The van der Waals surface area contributed by atoms with Crippen LogP contribution in [0.1, 0.15) is 15.9 Å². The first-order valence-electron chi connectivity index (χ1n) is 6.66. The number of amides is 1. The molecule has 6 nitrogen and oxygen atoms in total. The molecule has 0 radical (unpaired) electrons. The molecule has 1 N–H and O–H groups in total. The Bertz CT molecular complexity index is 626. The summed E-state index contributed by atoms with van der Waals surface area (Å²) >= 11 is 0. The van der Waals surface area contributed by atoms with Crippen LogP contribution in [0.25, 0.3) is 0 Å². The van der Waals surface area contributed by atoms with Gasteiger partial charge in [0.2, 0.25) is 0 Å². The molecule has 1 heterocycles. The van der Waals surface area contributed by atoms with E-state index in [1.807, 2.05) is 24.3 Å². The lowest BCUT2D eigenvalue weighted by atomic mass is 10.2. The van der Waals surface area contributed by atoms with Crippen LogP contribution in [0, 0.1) is 0 Å². The lowest BCUT2D eigenvalue weighted by molar-refractivity contribution is -0.124. The standard InChI is InChI=1S/C16H16N2O4/c1-21-14-6-4-12(5-7-14)9-18-15(19)11-22-16(20)13-3-2-8-17-10-13/h2-8,10H,9,11H2,1H3,(H,18,19). The maximum absolute atomic E-state index is 11.6. The van der Waals surface area contributed by atoms with Crippen molar-refractivity contribution in [1.82, 2.24) is 10.3 Å². The molecule has 0 bridgehead atoms. The average Bonchev–Trinajstić information content (AvgIpc) is 2.59. The Hall–Kier alpha value is -2.89. The zero-order valence-corrected chi connectivity index (χ0v) is 12.1. The molecular weight excluding hydrogens is 284 g/mol. The summed E-state index contributed by atoms with van der Waals surface area (Å²) < 4.78 is 9.96. The third-order valence-electron chi connectivity index (χ3n) is 2.88. The van der Waals surface area contributed by atoms with E-state index < -0.39 is 5.97 Å². The van der Waals surface area contributed by atoms with E-state index in [2.05, 4.69) is 10.3 Å². The van der Waals surface area contributed by atoms with Crippen LogP contribution >= 0.6 is 0 Å². The number of benzene rings is 1. The lowest BCUT2D eigenvalue weighted by Gasteiger charge is -2.07. The molecule has 2 aromatic rings. The van der Waals surface area contributed by atoms with Crippen LogP contribution in [-0.2, 0) is 16.1 Å². The van der Waals surface area contributed by atoms with Crippen LogP contribution in [0.4, 0.5) is 0 Å². The summed E-state index contributed by atoms with van der Waals surface area (Å²) in [7, 11) is 1.59. The number of hydrogen-bond donors (Lipinski definition) is 1. The van der Waals surface area contributed by atoms with Gasteiger partial charge in [-0.05, 0) is 29.8 Å². The van der Waals surface area contributed by atoms with Crippen LogP contribution in [0.2, 0.25) is 0 Å². The summed E-state index contributed by atoms with van der Waals surface area (Å²) in [6, 6.07) is 10.5. The van der Waals surface area contributed by atoms with Crippen molar-refractivity contribution in [1.29, 1.82) is 0 Å². The van der Waals surface area contributed by atoms with Gasteiger partial charge in [-0.1, -0.05) is 12.1 Å². The predicted octanol–water partition coefficient (Wildman–Crippen LogP) is 1.56. The summed E-state index contributed by atoms with van der Waals surface area (Å²) in [5.74, 6) is -0.193. The third kappa shape index (κ3) is 4.59. The van der Waals surface area contributed by atoms with Crippen LogP contribution in [0.15, 0.2) is 48.8 Å². The maximum atomic E-state index is 11.6. The molecule has 1 aromatic carbocycles. The van der Waals surface area contributed by atoms with Crippen molar-refractivity contribution in [2.45, 2.75) is 6.54 Å². The molecular formula is C16H16N2O4. The average molecular weight is 300 g/mol. The molecule has 0 unspecified atom stereocenters. The van der Waals surface area contributed by atoms with Gasteiger partial charge in [0.1, 0.15) is 5.75 Å². The fourth-order valence-corrected chi connectivity index (χ4v) is 1.69. The molecule has 0 fully saturated rings. The van der Waals surface area contributed by atoms with Crippen LogP contribution < -0.4 is 10.1 Å². The van der Waals surface area contributed by atoms with Crippen molar-refractivity contribution in [2.24, 2.45) is 0 Å². The van der Waals surface area contributed by atoms with Crippen LogP contribution in [0.3, 0.4) is 0 Å². The van der Waals surface area contributed by atoms with E-state index in [-0.39, 0.29) is 12.5 Å². The number of ether oxygens (including phenoxy) is 2. The van der Waals surface area contributed by atoms with Gasteiger partial charge in [0.15, 0.2) is 6.61 Å². The Morgan fingerprint density at radius 1 is 1.18 bits per heavy atom. The highest BCUT2D eigenvalue weighted by Crippen LogP contribution is 2.10. The number of methoxy groups -OCH3 is 1. The van der Waals surface area contributed by atoms with E-state index in [0.29, 0.717) is 12.1 Å². The minimum Gasteiger partial charge on any atom is -0.497 e. The predicted molar refractivity (Wildman–Crippen MR) is 79.4 cm³/mol. The molecule has 0 saturated heterocycles. The highest BCUT2D eigenvalue weighted by Gasteiger charge is 2.09. The van der Waals surface area contributed by atoms with Crippen molar-refractivity contribution in [3.8, 4) is 5.75 Å². The van der Waals surface area contributed by atoms with Gasteiger partial charge in [-0.3, -0.25) is 9.78 Å². The molecule has 0 atom stereocenters. The topological polar surface area (TPSA) is 77.5 Å².